The zero-order valence-electron chi connectivity index (χ0n) is 26.1. The van der Waals surface area contributed by atoms with E-state index in [1.54, 1.807) is 0 Å². The predicted molar refractivity (Wildman–Crippen MR) is 196 cm³/mol. The van der Waals surface area contributed by atoms with Gasteiger partial charge in [-0.2, -0.15) is 5.26 Å². The number of rotatable bonds is 5. The van der Waals surface area contributed by atoms with E-state index in [1.165, 1.54) is 38.6 Å². The van der Waals surface area contributed by atoms with Crippen LogP contribution in [0.5, 0.6) is 0 Å². The van der Waals surface area contributed by atoms with E-state index in [9.17, 15) is 5.26 Å². The van der Waals surface area contributed by atoms with Crippen molar-refractivity contribution in [1.29, 1.82) is 5.26 Å². The van der Waals surface area contributed by atoms with Crippen LogP contribution in [0.1, 0.15) is 23.6 Å². The summed E-state index contributed by atoms with van der Waals surface area (Å²) in [5, 5.41) is 12.1. The fraction of sp³-hybridized carbons (Fsp3) is 0.0444. The normalized spacial score (nSPS) is 14.2. The van der Waals surface area contributed by atoms with E-state index in [4.69, 9.17) is 9.97 Å². The maximum absolute atomic E-state index is 9.52. The molecule has 0 spiro atoms. The number of nitrogens with zero attached hydrogens (tertiary/aromatic N) is 3. The van der Waals surface area contributed by atoms with Gasteiger partial charge >= 0.3 is 0 Å². The fourth-order valence-electron chi connectivity index (χ4n) is 7.30. The Morgan fingerprint density at radius 3 is 1.94 bits per heavy atom. The Labute approximate surface area is 279 Å². The van der Waals surface area contributed by atoms with Crippen LogP contribution < -0.4 is 0 Å². The zero-order valence-corrected chi connectivity index (χ0v) is 26.1. The summed E-state index contributed by atoms with van der Waals surface area (Å²) in [6.07, 6.45) is 9.46. The summed E-state index contributed by atoms with van der Waals surface area (Å²) in [7, 11) is 0. The number of fused-ring (bicyclic) bond motifs is 3. The highest BCUT2D eigenvalue weighted by Crippen LogP contribution is 2.49. The summed E-state index contributed by atoms with van der Waals surface area (Å²) >= 11 is 0. The molecular weight excluding hydrogens is 583 g/mol. The highest BCUT2D eigenvalue weighted by Gasteiger charge is 2.25. The first-order valence-corrected chi connectivity index (χ1v) is 16.3. The van der Waals surface area contributed by atoms with Crippen LogP contribution in [0.3, 0.4) is 0 Å². The molecule has 2 aliphatic carbocycles. The van der Waals surface area contributed by atoms with Gasteiger partial charge in [-0.15, -0.1) is 0 Å². The highest BCUT2D eigenvalue weighted by molar-refractivity contribution is 6.18. The molecule has 1 heterocycles. The number of hydrogen-bond donors (Lipinski definition) is 0. The van der Waals surface area contributed by atoms with Crippen molar-refractivity contribution in [2.45, 2.75) is 12.3 Å². The van der Waals surface area contributed by atoms with E-state index in [1.807, 2.05) is 30.3 Å². The Morgan fingerprint density at radius 2 is 1.17 bits per heavy atom. The second-order valence-corrected chi connectivity index (χ2v) is 12.4. The Bertz CT molecular complexity index is 2450. The molecular formula is C45H29N3. The molecule has 0 N–H and O–H groups in total. The van der Waals surface area contributed by atoms with Gasteiger partial charge in [-0.05, 0) is 68.8 Å². The summed E-state index contributed by atoms with van der Waals surface area (Å²) in [5.41, 5.74) is 14.5. The van der Waals surface area contributed by atoms with Gasteiger partial charge in [0, 0.05) is 22.6 Å². The first-order chi connectivity index (χ1) is 23.8. The number of allylic oxidation sites excluding steroid dienone is 4. The molecule has 1 unspecified atom stereocenters. The summed E-state index contributed by atoms with van der Waals surface area (Å²) < 4.78 is 0. The molecule has 0 amide bonds. The second-order valence-electron chi connectivity index (χ2n) is 12.4. The average molecular weight is 612 g/mol. The van der Waals surface area contributed by atoms with Gasteiger partial charge in [0.15, 0.2) is 0 Å². The lowest BCUT2D eigenvalue weighted by Gasteiger charge is -2.20. The molecule has 1 aromatic heterocycles. The van der Waals surface area contributed by atoms with Gasteiger partial charge < -0.3 is 0 Å². The van der Waals surface area contributed by atoms with Crippen molar-refractivity contribution in [3.8, 4) is 73.2 Å². The van der Waals surface area contributed by atoms with Crippen molar-refractivity contribution in [2.24, 2.45) is 0 Å². The third-order valence-corrected chi connectivity index (χ3v) is 9.58. The van der Waals surface area contributed by atoms with Crippen molar-refractivity contribution in [3.05, 3.63) is 169 Å². The van der Waals surface area contributed by atoms with Gasteiger partial charge in [-0.1, -0.05) is 140 Å². The van der Waals surface area contributed by atoms with Crippen molar-refractivity contribution >= 4 is 10.8 Å². The third-order valence-electron chi connectivity index (χ3n) is 9.58. The molecule has 3 heteroatoms. The van der Waals surface area contributed by atoms with Gasteiger partial charge in [-0.25, -0.2) is 9.97 Å². The van der Waals surface area contributed by atoms with Gasteiger partial charge in [0.25, 0.3) is 0 Å². The number of benzene rings is 6. The van der Waals surface area contributed by atoms with Crippen LogP contribution in [-0.2, 0) is 0 Å². The van der Waals surface area contributed by atoms with E-state index >= 15 is 0 Å². The fourth-order valence-corrected chi connectivity index (χ4v) is 7.30. The molecule has 3 nitrogen and oxygen atoms in total. The maximum Gasteiger partial charge on any atom is 0.0991 e. The van der Waals surface area contributed by atoms with Crippen LogP contribution in [0.15, 0.2) is 158 Å². The van der Waals surface area contributed by atoms with E-state index in [0.717, 1.165) is 51.5 Å². The number of nitriles is 1. The predicted octanol–water partition coefficient (Wildman–Crippen LogP) is 11.4. The molecule has 0 bridgehead atoms. The SMILES string of the molecule is N#Cc1ccc(-c2nc(C3C=CC=CC3)c(-c3ccccc3)nc2-c2cccc(-c3ccc4c5c(cccc35)-c3ccccc3-4)c2)cc1. The average Bonchev–Trinajstić information content (AvgIpc) is 3.50. The lowest BCUT2D eigenvalue weighted by atomic mass is 9.91. The molecule has 0 radical (unpaired) electrons. The van der Waals surface area contributed by atoms with Crippen molar-refractivity contribution in [2.75, 3.05) is 0 Å². The molecule has 0 saturated carbocycles. The minimum Gasteiger partial charge on any atom is -0.248 e. The molecule has 224 valence electrons. The van der Waals surface area contributed by atoms with E-state index in [0.29, 0.717) is 5.56 Å². The van der Waals surface area contributed by atoms with Crippen LogP contribution in [0.4, 0.5) is 0 Å². The summed E-state index contributed by atoms with van der Waals surface area (Å²) in [4.78, 5) is 10.9. The molecule has 1 atom stereocenters. The molecule has 6 aromatic carbocycles. The van der Waals surface area contributed by atoms with Gasteiger partial charge in [0.2, 0.25) is 0 Å². The molecule has 7 aromatic rings. The Morgan fingerprint density at radius 1 is 0.521 bits per heavy atom. The van der Waals surface area contributed by atoms with Crippen molar-refractivity contribution in [3.63, 3.8) is 0 Å². The second kappa shape index (κ2) is 11.5. The highest BCUT2D eigenvalue weighted by atomic mass is 14.9. The van der Waals surface area contributed by atoms with Crippen molar-refractivity contribution < 1.29 is 0 Å². The minimum absolute atomic E-state index is 0.105. The van der Waals surface area contributed by atoms with Crippen molar-refractivity contribution in [1.82, 2.24) is 9.97 Å². The van der Waals surface area contributed by atoms with Crippen LogP contribution in [-0.4, -0.2) is 9.97 Å². The smallest absolute Gasteiger partial charge is 0.0991 e. The summed E-state index contributed by atoms with van der Waals surface area (Å²) in [6.45, 7) is 0. The monoisotopic (exact) mass is 611 g/mol. The lowest BCUT2D eigenvalue weighted by molar-refractivity contribution is 0.812. The van der Waals surface area contributed by atoms with Gasteiger partial charge in [0.1, 0.15) is 0 Å². The first-order valence-electron chi connectivity index (χ1n) is 16.3. The van der Waals surface area contributed by atoms with Gasteiger partial charge in [0.05, 0.1) is 34.4 Å². The standard InChI is InChI=1S/C45H29N3/c46-28-29-21-23-32(24-22-29)44-45(48-43(31-13-5-2-6-14-31)42(47-44)30-11-3-1-4-12-30)34-16-9-15-33(27-34)35-25-26-40-37-18-8-7-17-36(37)39-20-10-19-38(35)41(39)40/h1-11,13-27,30H,12H2. The van der Waals surface area contributed by atoms with Crippen LogP contribution >= 0.6 is 0 Å². The maximum atomic E-state index is 9.52. The molecule has 48 heavy (non-hydrogen) atoms. The van der Waals surface area contributed by atoms with E-state index in [-0.39, 0.29) is 5.92 Å². The molecule has 0 aliphatic heterocycles. The summed E-state index contributed by atoms with van der Waals surface area (Å²) in [5.74, 6) is 0.105. The molecule has 0 saturated heterocycles. The molecule has 2 aliphatic rings. The first kappa shape index (κ1) is 27.9. The number of aromatic nitrogens is 2. The largest absolute Gasteiger partial charge is 0.248 e. The topological polar surface area (TPSA) is 49.6 Å². The van der Waals surface area contributed by atoms with Crippen LogP contribution in [0, 0.1) is 11.3 Å². The third kappa shape index (κ3) is 4.58. The zero-order chi connectivity index (χ0) is 32.0. The Balaban J connectivity index is 1.26. The Hall–Kier alpha value is -6.37. The van der Waals surface area contributed by atoms with Crippen LogP contribution in [0.2, 0.25) is 0 Å². The molecule has 0 fully saturated rings. The van der Waals surface area contributed by atoms with E-state index in [2.05, 4.69) is 134 Å². The quantitative estimate of drug-likeness (QED) is 0.195. The van der Waals surface area contributed by atoms with Gasteiger partial charge in [-0.3, -0.25) is 0 Å². The van der Waals surface area contributed by atoms with E-state index < -0.39 is 0 Å². The lowest BCUT2D eigenvalue weighted by Crippen LogP contribution is -2.08. The Kier molecular flexibility index (Phi) is 6.66. The van der Waals surface area contributed by atoms with Crippen LogP contribution in [0.25, 0.3) is 77.9 Å². The molecule has 9 rings (SSSR count). The number of hydrogen-bond acceptors (Lipinski definition) is 3. The minimum atomic E-state index is 0.105. The summed E-state index contributed by atoms with van der Waals surface area (Å²) in [6, 6.07) is 48.9.